The predicted octanol–water partition coefficient (Wildman–Crippen LogP) is 1.36. The number of benzene rings is 1. The molecule has 0 aliphatic carbocycles. The molecule has 1 aromatic carbocycles. The number of nitrogens with one attached hydrogen (secondary N) is 1. The topological polar surface area (TPSA) is 81.7 Å². The van der Waals surface area contributed by atoms with Crippen molar-refractivity contribution in [1.29, 1.82) is 0 Å². The lowest BCUT2D eigenvalue weighted by Gasteiger charge is -2.19. The average molecular weight is 343 g/mol. The predicted molar refractivity (Wildman–Crippen MR) is 79.8 cm³/mol. The number of rotatable bonds is 7. The van der Waals surface area contributed by atoms with Gasteiger partial charge < -0.3 is 14.8 Å². The number of carbonyl (C=O) groups excluding carboxylic acids is 3. The van der Waals surface area contributed by atoms with Crippen molar-refractivity contribution in [2.24, 2.45) is 5.92 Å². The van der Waals surface area contributed by atoms with E-state index < -0.39 is 41.4 Å². The normalized spacial score (nSPS) is 12.9. The maximum atomic E-state index is 13.1. The van der Waals surface area contributed by atoms with Crippen LogP contribution in [0.25, 0.3) is 0 Å². The zero-order chi connectivity index (χ0) is 18.3. The summed E-state index contributed by atoms with van der Waals surface area (Å²) in [6.45, 7) is 1.54. The van der Waals surface area contributed by atoms with Crippen LogP contribution >= 0.6 is 0 Å². The molecule has 0 unspecified atom stereocenters. The van der Waals surface area contributed by atoms with E-state index in [1.165, 1.54) is 13.2 Å². The van der Waals surface area contributed by atoms with E-state index in [1.807, 2.05) is 0 Å². The van der Waals surface area contributed by atoms with E-state index in [1.54, 1.807) is 6.92 Å². The van der Waals surface area contributed by atoms with E-state index in [0.29, 0.717) is 0 Å². The van der Waals surface area contributed by atoms with Crippen LogP contribution in [0.3, 0.4) is 0 Å². The Morgan fingerprint density at radius 2 is 1.71 bits per heavy atom. The molecule has 1 N–H and O–H groups in total. The molecule has 0 aromatic heterocycles. The van der Waals surface area contributed by atoms with Crippen LogP contribution in [-0.2, 0) is 30.3 Å². The van der Waals surface area contributed by atoms with Crippen LogP contribution in [0, 0.1) is 17.6 Å². The Morgan fingerprint density at radius 3 is 2.25 bits per heavy atom. The van der Waals surface area contributed by atoms with Crippen molar-refractivity contribution >= 4 is 17.8 Å². The second kappa shape index (κ2) is 8.95. The number of hydrogen-bond acceptors (Lipinski definition) is 5. The Balaban J connectivity index is 2.74. The summed E-state index contributed by atoms with van der Waals surface area (Å²) >= 11 is 0. The molecule has 0 aliphatic rings. The third-order valence-electron chi connectivity index (χ3n) is 3.36. The summed E-state index contributed by atoms with van der Waals surface area (Å²) in [5.41, 5.74) is 0.246. The van der Waals surface area contributed by atoms with Crippen molar-refractivity contribution in [1.82, 2.24) is 5.32 Å². The molecule has 1 aromatic rings. The number of hydrogen-bond donors (Lipinski definition) is 1. The summed E-state index contributed by atoms with van der Waals surface area (Å²) in [5.74, 6) is -4.55. The maximum absolute atomic E-state index is 13.1. The quantitative estimate of drug-likeness (QED) is 0.756. The van der Waals surface area contributed by atoms with Crippen molar-refractivity contribution in [3.63, 3.8) is 0 Å². The van der Waals surface area contributed by atoms with Crippen molar-refractivity contribution in [3.8, 4) is 0 Å². The van der Waals surface area contributed by atoms with Gasteiger partial charge in [0.15, 0.2) is 11.6 Å². The van der Waals surface area contributed by atoms with E-state index in [0.717, 1.165) is 19.2 Å². The van der Waals surface area contributed by atoms with Crippen molar-refractivity contribution in [2.45, 2.75) is 25.8 Å². The largest absolute Gasteiger partial charge is 0.469 e. The Morgan fingerprint density at radius 1 is 1.08 bits per heavy atom. The maximum Gasteiger partial charge on any atom is 0.328 e. The number of halogens is 2. The van der Waals surface area contributed by atoms with Crippen LogP contribution < -0.4 is 5.32 Å². The second-order valence-corrected chi connectivity index (χ2v) is 5.23. The van der Waals surface area contributed by atoms with Gasteiger partial charge in [0.25, 0.3) is 0 Å². The molecule has 0 aliphatic heterocycles. The molecule has 0 heterocycles. The molecule has 0 radical (unpaired) electrons. The highest BCUT2D eigenvalue weighted by atomic mass is 19.2. The van der Waals surface area contributed by atoms with Crippen LogP contribution in [0.4, 0.5) is 8.78 Å². The van der Waals surface area contributed by atoms with Crippen LogP contribution in [0.2, 0.25) is 0 Å². The summed E-state index contributed by atoms with van der Waals surface area (Å²) in [6, 6.07) is 2.03. The van der Waals surface area contributed by atoms with Gasteiger partial charge in [0.2, 0.25) is 5.91 Å². The molecular formula is C16H19F2NO5. The molecule has 0 spiro atoms. The fourth-order valence-electron chi connectivity index (χ4n) is 2.09. The molecule has 24 heavy (non-hydrogen) atoms. The summed E-state index contributed by atoms with van der Waals surface area (Å²) < 4.78 is 35.2. The molecule has 0 saturated heterocycles. The second-order valence-electron chi connectivity index (χ2n) is 5.23. The lowest BCUT2D eigenvalue weighted by atomic mass is 10.0. The van der Waals surface area contributed by atoms with Crippen molar-refractivity contribution in [2.75, 3.05) is 14.2 Å². The molecule has 2 atom stereocenters. The zero-order valence-corrected chi connectivity index (χ0v) is 13.6. The highest BCUT2D eigenvalue weighted by molar-refractivity contribution is 5.86. The first kappa shape index (κ1) is 19.5. The Bertz CT molecular complexity index is 620. The third-order valence-corrected chi connectivity index (χ3v) is 3.36. The molecule has 132 valence electrons. The van der Waals surface area contributed by atoms with E-state index in [2.05, 4.69) is 14.8 Å². The molecule has 0 saturated carbocycles. The van der Waals surface area contributed by atoms with Gasteiger partial charge in [-0.25, -0.2) is 13.6 Å². The number of esters is 2. The van der Waals surface area contributed by atoms with Crippen LogP contribution in [0.1, 0.15) is 18.9 Å². The Kier molecular flexibility index (Phi) is 7.29. The number of ether oxygens (including phenoxy) is 2. The molecule has 0 fully saturated rings. The van der Waals surface area contributed by atoms with Gasteiger partial charge in [-0.2, -0.15) is 0 Å². The third kappa shape index (κ3) is 5.60. The zero-order valence-electron chi connectivity index (χ0n) is 13.6. The fourth-order valence-corrected chi connectivity index (χ4v) is 2.09. The summed E-state index contributed by atoms with van der Waals surface area (Å²) in [7, 11) is 2.37. The van der Waals surface area contributed by atoms with Crippen LogP contribution in [-0.4, -0.2) is 38.1 Å². The number of carbonyl (C=O) groups is 3. The highest BCUT2D eigenvalue weighted by Crippen LogP contribution is 2.12. The molecule has 1 amide bonds. The highest BCUT2D eigenvalue weighted by Gasteiger charge is 2.27. The van der Waals surface area contributed by atoms with Gasteiger partial charge >= 0.3 is 11.9 Å². The van der Waals surface area contributed by atoms with Gasteiger partial charge in [-0.05, 0) is 24.1 Å². The standard InChI is InChI=1S/C16H19F2NO5/c1-9(15(21)23-2)6-13(16(22)24-3)19-14(20)8-10-4-5-11(17)12(18)7-10/h4-5,7,9,13H,6,8H2,1-3H3,(H,19,20)/t9-,13+/m0/s1. The fraction of sp³-hybridized carbons (Fsp3) is 0.438. The first-order valence-electron chi connectivity index (χ1n) is 7.17. The lowest BCUT2D eigenvalue weighted by molar-refractivity contribution is -0.148. The van der Waals surface area contributed by atoms with Gasteiger partial charge in [0.05, 0.1) is 26.6 Å². The van der Waals surface area contributed by atoms with E-state index in [-0.39, 0.29) is 18.4 Å². The van der Waals surface area contributed by atoms with Crippen molar-refractivity contribution < 1.29 is 32.6 Å². The minimum Gasteiger partial charge on any atom is -0.469 e. The Labute approximate surface area is 138 Å². The first-order chi connectivity index (χ1) is 11.3. The van der Waals surface area contributed by atoms with Gasteiger partial charge in [-0.3, -0.25) is 9.59 Å². The minimum atomic E-state index is -1.07. The monoisotopic (exact) mass is 343 g/mol. The average Bonchev–Trinajstić information content (AvgIpc) is 2.55. The van der Waals surface area contributed by atoms with Crippen LogP contribution in [0.5, 0.6) is 0 Å². The SMILES string of the molecule is COC(=O)[C@@H](C)C[C@@H](NC(=O)Cc1ccc(F)c(F)c1)C(=O)OC. The van der Waals surface area contributed by atoms with E-state index >= 15 is 0 Å². The van der Waals surface area contributed by atoms with Crippen molar-refractivity contribution in [3.05, 3.63) is 35.4 Å². The number of methoxy groups -OCH3 is 2. The smallest absolute Gasteiger partial charge is 0.328 e. The van der Waals surface area contributed by atoms with Gasteiger partial charge in [-0.15, -0.1) is 0 Å². The molecular weight excluding hydrogens is 324 g/mol. The summed E-state index contributed by atoms with van der Waals surface area (Å²) in [4.78, 5) is 35.2. The summed E-state index contributed by atoms with van der Waals surface area (Å²) in [6.07, 6.45) is -0.264. The van der Waals surface area contributed by atoms with Crippen LogP contribution in [0.15, 0.2) is 18.2 Å². The molecule has 8 heteroatoms. The summed E-state index contributed by atoms with van der Waals surface area (Å²) in [5, 5.41) is 2.42. The lowest BCUT2D eigenvalue weighted by Crippen LogP contribution is -2.44. The Hall–Kier alpha value is -2.51. The molecule has 0 bridgehead atoms. The minimum absolute atomic E-state index is 0.0110. The van der Waals surface area contributed by atoms with Gasteiger partial charge in [0.1, 0.15) is 6.04 Å². The van der Waals surface area contributed by atoms with Gasteiger partial charge in [0, 0.05) is 0 Å². The van der Waals surface area contributed by atoms with E-state index in [4.69, 9.17) is 0 Å². The van der Waals surface area contributed by atoms with Gasteiger partial charge in [-0.1, -0.05) is 13.0 Å². The molecule has 6 nitrogen and oxygen atoms in total. The number of amides is 1. The van der Waals surface area contributed by atoms with E-state index in [9.17, 15) is 23.2 Å². The molecule has 1 rings (SSSR count). The first-order valence-corrected chi connectivity index (χ1v) is 7.17.